The fourth-order valence-electron chi connectivity index (χ4n) is 7.80. The Balaban J connectivity index is 1.58. The quantitative estimate of drug-likeness (QED) is 0.618. The van der Waals surface area contributed by atoms with Gasteiger partial charge in [-0.2, -0.15) is 0 Å². The molecule has 4 aliphatic carbocycles. The van der Waals surface area contributed by atoms with Gasteiger partial charge in [0.2, 0.25) is 0 Å². The van der Waals surface area contributed by atoms with Gasteiger partial charge in [0.15, 0.2) is 0 Å². The number of hydrogen-bond donors (Lipinski definition) is 1. The molecule has 136 valence electrons. The molecule has 7 atom stereocenters. The zero-order valence-electron chi connectivity index (χ0n) is 16.4. The molecule has 0 amide bonds. The highest BCUT2D eigenvalue weighted by atomic mass is 16.3. The molecule has 0 aromatic rings. The number of rotatable bonds is 2. The molecular weight excluding hydrogens is 292 g/mol. The van der Waals surface area contributed by atoms with Crippen LogP contribution in [0, 0.1) is 40.9 Å². The highest BCUT2D eigenvalue weighted by molar-refractivity contribution is 5.22. The third-order valence-electron chi connectivity index (χ3n) is 9.13. The Hall–Kier alpha value is -0.300. The molecule has 0 radical (unpaired) electrons. The first kappa shape index (κ1) is 17.1. The predicted molar refractivity (Wildman–Crippen MR) is 101 cm³/mol. The van der Waals surface area contributed by atoms with Crippen molar-refractivity contribution in [3.63, 3.8) is 0 Å². The van der Waals surface area contributed by atoms with E-state index in [9.17, 15) is 5.11 Å². The van der Waals surface area contributed by atoms with E-state index in [1.54, 1.807) is 5.57 Å². The first-order valence-electron chi connectivity index (χ1n) is 10.8. The second-order valence-corrected chi connectivity index (χ2v) is 10.3. The zero-order valence-corrected chi connectivity index (χ0v) is 16.4. The molecule has 0 spiro atoms. The van der Waals surface area contributed by atoms with Gasteiger partial charge < -0.3 is 5.11 Å². The highest BCUT2D eigenvalue weighted by Gasteiger charge is 2.56. The van der Waals surface area contributed by atoms with Gasteiger partial charge in [0.25, 0.3) is 0 Å². The van der Waals surface area contributed by atoms with Crippen LogP contribution in [0.5, 0.6) is 0 Å². The number of aliphatic hydroxyl groups is 1. The fourth-order valence-corrected chi connectivity index (χ4v) is 7.80. The molecule has 3 fully saturated rings. The summed E-state index contributed by atoms with van der Waals surface area (Å²) >= 11 is 0. The summed E-state index contributed by atoms with van der Waals surface area (Å²) in [6, 6.07) is 0. The van der Waals surface area contributed by atoms with Crippen LogP contribution in [0.2, 0.25) is 0 Å². The summed E-state index contributed by atoms with van der Waals surface area (Å²) in [4.78, 5) is 0. The SMILES string of the molecule is CC[C@]1(O)CC[C@H]2C(=CCC3C2CC[C@]2(C)[C@@H](C(C)C)CC[C@@H]32)C1. The van der Waals surface area contributed by atoms with Crippen LogP contribution in [-0.4, -0.2) is 10.7 Å². The predicted octanol–water partition coefficient (Wildman–Crippen LogP) is 5.97. The molecule has 0 aliphatic heterocycles. The van der Waals surface area contributed by atoms with Crippen LogP contribution < -0.4 is 0 Å². The Morgan fingerprint density at radius 3 is 2.62 bits per heavy atom. The van der Waals surface area contributed by atoms with Gasteiger partial charge in [-0.3, -0.25) is 0 Å². The van der Waals surface area contributed by atoms with Crippen molar-refractivity contribution in [2.75, 3.05) is 0 Å². The monoisotopic (exact) mass is 330 g/mol. The Morgan fingerprint density at radius 2 is 1.92 bits per heavy atom. The summed E-state index contributed by atoms with van der Waals surface area (Å²) < 4.78 is 0. The summed E-state index contributed by atoms with van der Waals surface area (Å²) in [5.41, 5.74) is 1.85. The molecule has 3 saturated carbocycles. The smallest absolute Gasteiger partial charge is 0.0682 e. The molecule has 0 saturated heterocycles. The largest absolute Gasteiger partial charge is 0.390 e. The van der Waals surface area contributed by atoms with Crippen LogP contribution in [0.3, 0.4) is 0 Å². The third-order valence-corrected chi connectivity index (χ3v) is 9.13. The lowest BCUT2D eigenvalue weighted by molar-refractivity contribution is -0.0445. The van der Waals surface area contributed by atoms with E-state index in [1.165, 1.54) is 38.5 Å². The molecule has 0 aromatic heterocycles. The lowest BCUT2D eigenvalue weighted by Crippen LogP contribution is -2.48. The van der Waals surface area contributed by atoms with Crippen LogP contribution >= 0.6 is 0 Å². The highest BCUT2D eigenvalue weighted by Crippen LogP contribution is 2.64. The Bertz CT molecular complexity index is 520. The Kier molecular flexibility index (Phi) is 4.18. The van der Waals surface area contributed by atoms with Gasteiger partial charge in [0.05, 0.1) is 5.60 Å². The van der Waals surface area contributed by atoms with E-state index in [1.807, 2.05) is 0 Å². The number of allylic oxidation sites excluding steroid dienone is 1. The molecule has 0 bridgehead atoms. The molecule has 2 unspecified atom stereocenters. The van der Waals surface area contributed by atoms with Crippen molar-refractivity contribution >= 4 is 0 Å². The molecule has 0 aromatic carbocycles. The lowest BCUT2D eigenvalue weighted by Gasteiger charge is -2.55. The molecule has 1 heteroatoms. The summed E-state index contributed by atoms with van der Waals surface area (Å²) in [5.74, 6) is 5.43. The van der Waals surface area contributed by atoms with E-state index in [-0.39, 0.29) is 0 Å². The van der Waals surface area contributed by atoms with Crippen molar-refractivity contribution in [1.29, 1.82) is 0 Å². The van der Waals surface area contributed by atoms with Gasteiger partial charge in [-0.1, -0.05) is 39.3 Å². The maximum absolute atomic E-state index is 10.8. The summed E-state index contributed by atoms with van der Waals surface area (Å²) in [6.45, 7) is 9.70. The molecule has 1 N–H and O–H groups in total. The standard InChI is InChI=1S/C23H38O/c1-5-23(24)13-11-17-16(14-23)6-7-19-18(17)10-12-22(4)20(15(2)3)8-9-21(19)22/h6,15,17-21,24H,5,7-14H2,1-4H3/t17-,18?,19?,20+,21-,22+,23-/m0/s1. The second kappa shape index (κ2) is 5.86. The maximum Gasteiger partial charge on any atom is 0.0682 e. The number of fused-ring (bicyclic) bond motifs is 5. The van der Waals surface area contributed by atoms with Gasteiger partial charge in [0, 0.05) is 0 Å². The minimum Gasteiger partial charge on any atom is -0.390 e. The van der Waals surface area contributed by atoms with Gasteiger partial charge >= 0.3 is 0 Å². The van der Waals surface area contributed by atoms with E-state index >= 15 is 0 Å². The van der Waals surface area contributed by atoms with E-state index in [0.29, 0.717) is 5.41 Å². The van der Waals surface area contributed by atoms with E-state index in [4.69, 9.17) is 0 Å². The first-order valence-corrected chi connectivity index (χ1v) is 10.8. The lowest BCUT2D eigenvalue weighted by atomic mass is 9.50. The van der Waals surface area contributed by atoms with Crippen molar-refractivity contribution in [3.05, 3.63) is 11.6 Å². The summed E-state index contributed by atoms with van der Waals surface area (Å²) in [7, 11) is 0. The topological polar surface area (TPSA) is 20.2 Å². The third kappa shape index (κ3) is 2.44. The molecule has 1 nitrogen and oxygen atoms in total. The normalized spacial score (nSPS) is 50.9. The van der Waals surface area contributed by atoms with Crippen LogP contribution in [0.1, 0.15) is 85.5 Å². The van der Waals surface area contributed by atoms with Crippen LogP contribution in [-0.2, 0) is 0 Å². The number of hydrogen-bond acceptors (Lipinski definition) is 1. The van der Waals surface area contributed by atoms with Gasteiger partial charge in [0.1, 0.15) is 0 Å². The average molecular weight is 331 g/mol. The molecule has 0 heterocycles. The van der Waals surface area contributed by atoms with Crippen LogP contribution in [0.25, 0.3) is 0 Å². The molecule has 4 rings (SSSR count). The average Bonchev–Trinajstić information content (AvgIpc) is 2.91. The maximum atomic E-state index is 10.8. The Morgan fingerprint density at radius 1 is 1.12 bits per heavy atom. The first-order chi connectivity index (χ1) is 11.4. The van der Waals surface area contributed by atoms with Gasteiger partial charge in [-0.25, -0.2) is 0 Å². The second-order valence-electron chi connectivity index (χ2n) is 10.3. The summed E-state index contributed by atoms with van der Waals surface area (Å²) in [5, 5.41) is 10.8. The molecule has 24 heavy (non-hydrogen) atoms. The van der Waals surface area contributed by atoms with Crippen molar-refractivity contribution in [1.82, 2.24) is 0 Å². The van der Waals surface area contributed by atoms with E-state index in [0.717, 1.165) is 54.8 Å². The minimum absolute atomic E-state index is 0.394. The van der Waals surface area contributed by atoms with Gasteiger partial charge in [-0.05, 0) is 98.7 Å². The summed E-state index contributed by atoms with van der Waals surface area (Å²) in [6.07, 6.45) is 13.9. The molecular formula is C23H38O. The van der Waals surface area contributed by atoms with Crippen molar-refractivity contribution < 1.29 is 5.11 Å². The minimum atomic E-state index is -0.394. The molecule has 4 aliphatic rings. The zero-order chi connectivity index (χ0) is 17.1. The van der Waals surface area contributed by atoms with E-state index < -0.39 is 5.60 Å². The van der Waals surface area contributed by atoms with Crippen LogP contribution in [0.4, 0.5) is 0 Å². The fraction of sp³-hybridized carbons (Fsp3) is 0.913. The van der Waals surface area contributed by atoms with Crippen LogP contribution in [0.15, 0.2) is 11.6 Å². The van der Waals surface area contributed by atoms with Crippen molar-refractivity contribution in [2.24, 2.45) is 40.9 Å². The Labute approximate surface area is 149 Å². The van der Waals surface area contributed by atoms with Gasteiger partial charge in [-0.15, -0.1) is 0 Å². The van der Waals surface area contributed by atoms with Crippen molar-refractivity contribution in [2.45, 2.75) is 91.1 Å². The van der Waals surface area contributed by atoms with E-state index in [2.05, 4.69) is 33.8 Å². The van der Waals surface area contributed by atoms with Crippen molar-refractivity contribution in [3.8, 4) is 0 Å².